The van der Waals surface area contributed by atoms with Crippen LogP contribution in [0, 0.1) is 0 Å². The van der Waals surface area contributed by atoms with E-state index >= 15 is 0 Å². The van der Waals surface area contributed by atoms with Crippen molar-refractivity contribution in [3.63, 3.8) is 0 Å². The lowest BCUT2D eigenvalue weighted by molar-refractivity contribution is 0.943. The molecule has 1 nitrogen and oxygen atoms in total. The quantitative estimate of drug-likeness (QED) is 0.497. The normalized spacial score (nSPS) is 12.8. The molecule has 1 heteroatoms. The minimum Gasteiger partial charge on any atom is -0.361 e. The van der Waals surface area contributed by atoms with Crippen LogP contribution >= 0.6 is 0 Å². The minimum atomic E-state index is 0.368. The van der Waals surface area contributed by atoms with Crippen LogP contribution in [0.1, 0.15) is 24.0 Å². The molecule has 102 valence electrons. The first kappa shape index (κ1) is 12.2. The lowest BCUT2D eigenvalue weighted by Gasteiger charge is -2.14. The average molecular weight is 271 g/mol. The summed E-state index contributed by atoms with van der Waals surface area (Å²) in [5, 5.41) is 3.97. The zero-order valence-corrected chi connectivity index (χ0v) is 12.0. The fourth-order valence-corrected chi connectivity index (χ4v) is 3.25. The molecule has 1 unspecified atom stereocenters. The van der Waals surface area contributed by atoms with Crippen molar-refractivity contribution in [3.8, 4) is 0 Å². The summed E-state index contributed by atoms with van der Waals surface area (Å²) in [6, 6.07) is 23.7. The van der Waals surface area contributed by atoms with Gasteiger partial charge in [-0.05, 0) is 28.0 Å². The number of benzene rings is 3. The van der Waals surface area contributed by atoms with Gasteiger partial charge in [-0.25, -0.2) is 0 Å². The first-order valence-electron chi connectivity index (χ1n) is 7.38. The number of para-hydroxylation sites is 1. The van der Waals surface area contributed by atoms with Crippen molar-refractivity contribution >= 4 is 21.7 Å². The monoisotopic (exact) mass is 271 g/mol. The first-order valence-corrected chi connectivity index (χ1v) is 7.38. The molecular weight excluding hydrogens is 254 g/mol. The van der Waals surface area contributed by atoms with Crippen LogP contribution in [0.2, 0.25) is 0 Å². The van der Waals surface area contributed by atoms with Crippen molar-refractivity contribution in [2.45, 2.75) is 12.8 Å². The molecule has 0 aliphatic heterocycles. The van der Waals surface area contributed by atoms with E-state index in [-0.39, 0.29) is 0 Å². The average Bonchev–Trinajstić information content (AvgIpc) is 2.98. The standard InChI is InChI=1S/C20H17N/c1-14(19-13-21-20-12-5-4-10-18(19)20)16-11-6-8-15-7-2-3-9-17(15)16/h2-14,21H,1H3. The SMILES string of the molecule is CC(c1cccc2ccccc12)c1c[nH]c2ccccc12. The van der Waals surface area contributed by atoms with Crippen molar-refractivity contribution in [1.82, 2.24) is 4.98 Å². The maximum absolute atomic E-state index is 3.39. The Labute approximate surface area is 124 Å². The highest BCUT2D eigenvalue weighted by molar-refractivity contribution is 5.89. The van der Waals surface area contributed by atoms with Crippen molar-refractivity contribution in [2.75, 3.05) is 0 Å². The van der Waals surface area contributed by atoms with E-state index in [1.165, 1.54) is 32.8 Å². The summed E-state index contributed by atoms with van der Waals surface area (Å²) in [6.07, 6.45) is 2.15. The van der Waals surface area contributed by atoms with Crippen LogP contribution in [-0.4, -0.2) is 4.98 Å². The van der Waals surface area contributed by atoms with Crippen LogP contribution in [0.4, 0.5) is 0 Å². The number of rotatable bonds is 2. The first-order chi connectivity index (χ1) is 10.3. The number of H-pyrrole nitrogens is 1. The highest BCUT2D eigenvalue weighted by atomic mass is 14.7. The lowest BCUT2D eigenvalue weighted by Crippen LogP contribution is -1.96. The number of aromatic amines is 1. The molecule has 0 aliphatic carbocycles. The second-order valence-electron chi connectivity index (χ2n) is 5.58. The molecule has 0 fully saturated rings. The van der Waals surface area contributed by atoms with Gasteiger partial charge >= 0.3 is 0 Å². The molecule has 0 amide bonds. The van der Waals surface area contributed by atoms with Gasteiger partial charge in [0.1, 0.15) is 0 Å². The second kappa shape index (κ2) is 4.78. The number of hydrogen-bond acceptors (Lipinski definition) is 0. The van der Waals surface area contributed by atoms with Gasteiger partial charge in [0, 0.05) is 23.0 Å². The van der Waals surface area contributed by atoms with Crippen LogP contribution in [0.15, 0.2) is 72.9 Å². The van der Waals surface area contributed by atoms with E-state index in [0.29, 0.717) is 5.92 Å². The van der Waals surface area contributed by atoms with Crippen LogP contribution in [0.25, 0.3) is 21.7 Å². The summed E-state index contributed by atoms with van der Waals surface area (Å²) in [4.78, 5) is 3.39. The largest absolute Gasteiger partial charge is 0.361 e. The van der Waals surface area contributed by atoms with E-state index in [9.17, 15) is 0 Å². The third-order valence-corrected chi connectivity index (χ3v) is 4.38. The molecule has 0 aliphatic rings. The summed E-state index contributed by atoms with van der Waals surface area (Å²) in [5.41, 5.74) is 3.96. The summed E-state index contributed by atoms with van der Waals surface area (Å²) in [5.74, 6) is 0.368. The predicted molar refractivity (Wildman–Crippen MR) is 89.8 cm³/mol. The molecule has 0 bridgehead atoms. The molecule has 4 rings (SSSR count). The third-order valence-electron chi connectivity index (χ3n) is 4.38. The number of fused-ring (bicyclic) bond motifs is 2. The maximum atomic E-state index is 3.39. The predicted octanol–water partition coefficient (Wildman–Crippen LogP) is 5.47. The summed E-state index contributed by atoms with van der Waals surface area (Å²) in [7, 11) is 0. The fourth-order valence-electron chi connectivity index (χ4n) is 3.25. The molecule has 0 radical (unpaired) electrons. The topological polar surface area (TPSA) is 15.8 Å². The van der Waals surface area contributed by atoms with Gasteiger partial charge in [0.2, 0.25) is 0 Å². The Morgan fingerprint density at radius 1 is 0.714 bits per heavy atom. The van der Waals surface area contributed by atoms with Gasteiger partial charge in [0.05, 0.1) is 0 Å². The van der Waals surface area contributed by atoms with Crippen LogP contribution in [-0.2, 0) is 0 Å². The van der Waals surface area contributed by atoms with E-state index in [1.54, 1.807) is 0 Å². The maximum Gasteiger partial charge on any atom is 0.0457 e. The molecule has 4 aromatic rings. The molecule has 1 N–H and O–H groups in total. The minimum absolute atomic E-state index is 0.368. The van der Waals surface area contributed by atoms with E-state index < -0.39 is 0 Å². The lowest BCUT2D eigenvalue weighted by atomic mass is 9.89. The molecule has 1 heterocycles. The van der Waals surface area contributed by atoms with Crippen molar-refractivity contribution in [2.24, 2.45) is 0 Å². The molecule has 0 spiro atoms. The van der Waals surface area contributed by atoms with Crippen LogP contribution < -0.4 is 0 Å². The number of hydrogen-bond donors (Lipinski definition) is 1. The van der Waals surface area contributed by atoms with Crippen LogP contribution in [0.3, 0.4) is 0 Å². The second-order valence-corrected chi connectivity index (χ2v) is 5.58. The molecule has 0 saturated heterocycles. The molecule has 3 aromatic carbocycles. The number of nitrogens with one attached hydrogen (secondary N) is 1. The highest BCUT2D eigenvalue weighted by Crippen LogP contribution is 2.34. The van der Waals surface area contributed by atoms with Crippen molar-refractivity contribution < 1.29 is 0 Å². The Balaban J connectivity index is 1.92. The summed E-state index contributed by atoms with van der Waals surface area (Å²) in [6.45, 7) is 2.29. The van der Waals surface area contributed by atoms with E-state index in [0.717, 1.165) is 0 Å². The molecule has 21 heavy (non-hydrogen) atoms. The Morgan fingerprint density at radius 2 is 1.43 bits per heavy atom. The van der Waals surface area contributed by atoms with Crippen LogP contribution in [0.5, 0.6) is 0 Å². The Hall–Kier alpha value is -2.54. The van der Waals surface area contributed by atoms with E-state index in [2.05, 4.69) is 84.8 Å². The summed E-state index contributed by atoms with van der Waals surface area (Å²) < 4.78 is 0. The zero-order chi connectivity index (χ0) is 14.2. The zero-order valence-electron chi connectivity index (χ0n) is 12.0. The summed E-state index contributed by atoms with van der Waals surface area (Å²) >= 11 is 0. The van der Waals surface area contributed by atoms with Crippen molar-refractivity contribution in [1.29, 1.82) is 0 Å². The molecular formula is C20H17N. The highest BCUT2D eigenvalue weighted by Gasteiger charge is 2.15. The van der Waals surface area contributed by atoms with Gasteiger partial charge in [-0.1, -0.05) is 67.6 Å². The number of aromatic nitrogens is 1. The molecule has 0 saturated carbocycles. The van der Waals surface area contributed by atoms with Gasteiger partial charge in [0.15, 0.2) is 0 Å². The Bertz CT molecular complexity index is 912. The fraction of sp³-hybridized carbons (Fsp3) is 0.100. The van der Waals surface area contributed by atoms with Crippen molar-refractivity contribution in [3.05, 3.63) is 84.1 Å². The van der Waals surface area contributed by atoms with E-state index in [4.69, 9.17) is 0 Å². The smallest absolute Gasteiger partial charge is 0.0457 e. The third kappa shape index (κ3) is 1.93. The van der Waals surface area contributed by atoms with Gasteiger partial charge in [-0.15, -0.1) is 0 Å². The molecule has 1 atom stereocenters. The Morgan fingerprint density at radius 3 is 2.33 bits per heavy atom. The van der Waals surface area contributed by atoms with E-state index in [1.807, 2.05) is 0 Å². The van der Waals surface area contributed by atoms with Gasteiger partial charge in [0.25, 0.3) is 0 Å². The molecule has 1 aromatic heterocycles. The van der Waals surface area contributed by atoms with Gasteiger partial charge in [-0.2, -0.15) is 0 Å². The Kier molecular flexibility index (Phi) is 2.78. The van der Waals surface area contributed by atoms with Gasteiger partial charge < -0.3 is 4.98 Å². The van der Waals surface area contributed by atoms with Gasteiger partial charge in [-0.3, -0.25) is 0 Å².